The average molecular weight is 522 g/mol. The van der Waals surface area contributed by atoms with Crippen molar-refractivity contribution >= 4 is 40.8 Å². The van der Waals surface area contributed by atoms with Gasteiger partial charge in [-0.3, -0.25) is 9.59 Å². The number of thiophene rings is 1. The summed E-state index contributed by atoms with van der Waals surface area (Å²) in [6, 6.07) is 13.4. The summed E-state index contributed by atoms with van der Waals surface area (Å²) in [6.45, 7) is 11.7. The first-order valence-electron chi connectivity index (χ1n) is 13.1. The van der Waals surface area contributed by atoms with Crippen molar-refractivity contribution in [1.82, 2.24) is 9.88 Å². The Morgan fingerprint density at radius 2 is 1.89 bits per heavy atom. The number of carbonyl (C=O) groups excluding carboxylic acids is 2. The fourth-order valence-corrected chi connectivity index (χ4v) is 5.41. The van der Waals surface area contributed by atoms with Gasteiger partial charge in [0.05, 0.1) is 16.9 Å². The lowest BCUT2D eigenvalue weighted by Gasteiger charge is -2.24. The number of nitrogens with one attached hydrogen (secondary N) is 1. The molecular weight excluding hydrogens is 482 g/mol. The number of benzene rings is 1. The Morgan fingerprint density at radius 1 is 1.14 bits per heavy atom. The maximum Gasteiger partial charge on any atom is 0.257 e. The maximum atomic E-state index is 12.8. The monoisotopic (exact) mass is 521 g/mol. The lowest BCUT2D eigenvalue weighted by molar-refractivity contribution is -0.117. The lowest BCUT2D eigenvalue weighted by atomic mass is 9.86. The first-order chi connectivity index (χ1) is 18.0. The van der Waals surface area contributed by atoms with Crippen LogP contribution in [-0.4, -0.2) is 48.4 Å². The minimum Gasteiger partial charge on any atom is -0.397 e. The van der Waals surface area contributed by atoms with Crippen LogP contribution in [0.1, 0.15) is 57.3 Å². The largest absolute Gasteiger partial charge is 0.397 e. The number of aromatic nitrogens is 1. The van der Waals surface area contributed by atoms with Crippen LogP contribution in [0.4, 0.5) is 17.2 Å². The molecule has 2 aliphatic rings. The molecule has 0 bridgehead atoms. The Hall–Kier alpha value is -3.39. The number of hydrogen-bond acceptors (Lipinski definition) is 6. The summed E-state index contributed by atoms with van der Waals surface area (Å²) in [5, 5.41) is 4.94. The third-order valence-corrected chi connectivity index (χ3v) is 7.42. The van der Waals surface area contributed by atoms with Gasteiger partial charge >= 0.3 is 0 Å². The summed E-state index contributed by atoms with van der Waals surface area (Å²) in [5.74, 6) is 0.622. The summed E-state index contributed by atoms with van der Waals surface area (Å²) in [6.07, 6.45) is 5.91. The predicted molar refractivity (Wildman–Crippen MR) is 155 cm³/mol. The predicted octanol–water partition coefficient (Wildman–Crippen LogP) is 6.15. The molecule has 7 nitrogen and oxygen atoms in total. The van der Waals surface area contributed by atoms with E-state index in [2.05, 4.69) is 29.0 Å². The first-order valence-corrected chi connectivity index (χ1v) is 14.0. The van der Waals surface area contributed by atoms with Gasteiger partial charge in [-0.2, -0.15) is 0 Å². The third kappa shape index (κ3) is 6.89. The number of carbonyl (C=O) groups is 2. The normalized spacial score (nSPS) is 18.1. The quantitative estimate of drug-likeness (QED) is 0.311. The molecule has 0 radical (unpaired) electrons. The highest BCUT2D eigenvalue weighted by molar-refractivity contribution is 7.13. The number of rotatable bonds is 5. The zero-order valence-corrected chi connectivity index (χ0v) is 23.2. The van der Waals surface area contributed by atoms with Gasteiger partial charge in [0.2, 0.25) is 6.41 Å². The lowest BCUT2D eigenvalue weighted by Crippen LogP contribution is -2.30. The van der Waals surface area contributed by atoms with E-state index >= 15 is 0 Å². The molecule has 2 aromatic heterocycles. The van der Waals surface area contributed by atoms with Crippen LogP contribution < -0.4 is 16.0 Å². The minimum absolute atomic E-state index is 0.170. The fourth-order valence-electron chi connectivity index (χ4n) is 4.69. The van der Waals surface area contributed by atoms with Crippen LogP contribution in [0, 0.1) is 5.41 Å². The van der Waals surface area contributed by atoms with Crippen molar-refractivity contribution in [2.75, 3.05) is 42.1 Å². The standard InChI is InChI=1S/C24H25N5O2S.C3H8.C2H6/c25-19-5-3-17(21-2-1-11-32-21)12-20(19)27-23(31)18-4-6-22(26-13-18)29-10-8-24(15-29)7-9-28(14-24)16-30;1-3-2;1-2/h1-6,11-13,16H,7-10,14-15,25H2,(H,27,31);3H2,1-2H3;1-2H3. The molecule has 2 saturated heterocycles. The van der Waals surface area contributed by atoms with E-state index in [4.69, 9.17) is 5.73 Å². The molecule has 1 aromatic carbocycles. The van der Waals surface area contributed by atoms with Crippen molar-refractivity contribution in [1.29, 1.82) is 0 Å². The summed E-state index contributed by atoms with van der Waals surface area (Å²) < 4.78 is 0. The second-order valence-electron chi connectivity index (χ2n) is 9.34. The number of hydrogen-bond donors (Lipinski definition) is 2. The second-order valence-corrected chi connectivity index (χ2v) is 10.3. The fraction of sp³-hybridized carbons (Fsp3) is 0.414. The van der Waals surface area contributed by atoms with Crippen LogP contribution >= 0.6 is 11.3 Å². The van der Waals surface area contributed by atoms with Crippen molar-refractivity contribution in [3.63, 3.8) is 0 Å². The summed E-state index contributed by atoms with van der Waals surface area (Å²) in [4.78, 5) is 33.7. The molecule has 2 fully saturated rings. The van der Waals surface area contributed by atoms with Crippen molar-refractivity contribution in [2.45, 2.75) is 47.0 Å². The van der Waals surface area contributed by atoms with Crippen molar-refractivity contribution < 1.29 is 9.59 Å². The van der Waals surface area contributed by atoms with E-state index in [1.54, 1.807) is 23.6 Å². The smallest absolute Gasteiger partial charge is 0.257 e. The summed E-state index contributed by atoms with van der Waals surface area (Å²) in [7, 11) is 0. The average Bonchev–Trinajstić information content (AvgIpc) is 3.69. The number of likely N-dealkylation sites (tertiary alicyclic amines) is 1. The molecule has 1 atom stereocenters. The van der Waals surface area contributed by atoms with Gasteiger partial charge in [0.1, 0.15) is 5.82 Å². The summed E-state index contributed by atoms with van der Waals surface area (Å²) in [5.41, 5.74) is 8.87. The molecule has 37 heavy (non-hydrogen) atoms. The Bertz CT molecular complexity index is 1150. The molecular formula is C29H39N5O2S. The number of anilines is 3. The topological polar surface area (TPSA) is 91.6 Å². The molecule has 2 amide bonds. The van der Waals surface area contributed by atoms with Gasteiger partial charge < -0.3 is 20.9 Å². The van der Waals surface area contributed by atoms with Gasteiger partial charge in [0, 0.05) is 42.7 Å². The number of nitrogens with two attached hydrogens (primary N) is 1. The molecule has 4 heterocycles. The van der Waals surface area contributed by atoms with Crippen LogP contribution in [0.25, 0.3) is 10.4 Å². The van der Waals surface area contributed by atoms with Crippen LogP contribution in [0.2, 0.25) is 0 Å². The van der Waals surface area contributed by atoms with Gasteiger partial charge in [-0.05, 0) is 54.1 Å². The highest BCUT2D eigenvalue weighted by atomic mass is 32.1. The van der Waals surface area contributed by atoms with Gasteiger partial charge in [-0.25, -0.2) is 4.98 Å². The highest BCUT2D eigenvalue weighted by Gasteiger charge is 2.43. The SMILES string of the molecule is CC.CCC.Nc1ccc(-c2cccs2)cc1NC(=O)c1ccc(N2CCC3(CCN(C=O)C3)C2)nc1. The molecule has 1 spiro atoms. The van der Waals surface area contributed by atoms with Gasteiger partial charge in [0.15, 0.2) is 0 Å². The zero-order chi connectivity index (χ0) is 26.8. The molecule has 5 rings (SSSR count). The van der Waals surface area contributed by atoms with E-state index in [-0.39, 0.29) is 11.3 Å². The minimum atomic E-state index is -0.241. The first kappa shape index (κ1) is 28.2. The third-order valence-electron chi connectivity index (χ3n) is 6.50. The Labute approximate surface area is 224 Å². The Morgan fingerprint density at radius 3 is 2.51 bits per heavy atom. The molecule has 8 heteroatoms. The molecule has 3 aromatic rings. The van der Waals surface area contributed by atoms with E-state index in [9.17, 15) is 9.59 Å². The number of nitrogen functional groups attached to an aromatic ring is 1. The van der Waals surface area contributed by atoms with Crippen LogP contribution in [0.15, 0.2) is 54.0 Å². The van der Waals surface area contributed by atoms with Crippen molar-refractivity contribution in [3.05, 3.63) is 59.6 Å². The second kappa shape index (κ2) is 13.2. The van der Waals surface area contributed by atoms with Crippen molar-refractivity contribution in [2.24, 2.45) is 5.41 Å². The molecule has 0 aliphatic carbocycles. The van der Waals surface area contributed by atoms with E-state index in [0.717, 1.165) is 61.7 Å². The van der Waals surface area contributed by atoms with E-state index < -0.39 is 0 Å². The number of nitrogens with zero attached hydrogens (tertiary/aromatic N) is 3. The maximum absolute atomic E-state index is 12.8. The number of amides is 2. The molecule has 2 aliphatic heterocycles. The molecule has 198 valence electrons. The van der Waals surface area contributed by atoms with Crippen LogP contribution in [0.3, 0.4) is 0 Å². The molecule has 3 N–H and O–H groups in total. The van der Waals surface area contributed by atoms with Crippen molar-refractivity contribution in [3.8, 4) is 10.4 Å². The molecule has 1 unspecified atom stereocenters. The van der Waals surface area contributed by atoms with E-state index in [1.807, 2.05) is 60.5 Å². The van der Waals surface area contributed by atoms with Crippen LogP contribution in [-0.2, 0) is 4.79 Å². The Kier molecular flexibility index (Phi) is 10.1. The molecule has 0 saturated carbocycles. The van der Waals surface area contributed by atoms with Gasteiger partial charge in [0.25, 0.3) is 5.91 Å². The summed E-state index contributed by atoms with van der Waals surface area (Å²) >= 11 is 1.64. The number of pyridine rings is 1. The van der Waals surface area contributed by atoms with Gasteiger partial charge in [-0.15, -0.1) is 11.3 Å². The van der Waals surface area contributed by atoms with E-state index in [1.165, 1.54) is 6.42 Å². The van der Waals surface area contributed by atoms with Crippen LogP contribution in [0.5, 0.6) is 0 Å². The van der Waals surface area contributed by atoms with E-state index in [0.29, 0.717) is 16.9 Å². The Balaban J connectivity index is 0.000000711. The zero-order valence-electron chi connectivity index (χ0n) is 22.4. The van der Waals surface area contributed by atoms with Gasteiger partial charge in [-0.1, -0.05) is 46.2 Å². The highest BCUT2D eigenvalue weighted by Crippen LogP contribution is 2.40.